The molecule has 0 fully saturated rings. The van der Waals surface area contributed by atoms with E-state index in [9.17, 15) is 4.79 Å². The number of amides is 1. The van der Waals surface area contributed by atoms with Crippen molar-refractivity contribution >= 4 is 50.7 Å². The zero-order valence-corrected chi connectivity index (χ0v) is 13.6. The predicted molar refractivity (Wildman–Crippen MR) is 94.8 cm³/mol. The molecule has 1 aliphatic heterocycles. The van der Waals surface area contributed by atoms with Crippen molar-refractivity contribution < 1.29 is 4.79 Å². The fraction of sp³-hybridized carbons (Fsp3) is 0.0625. The van der Waals surface area contributed by atoms with Gasteiger partial charge in [0.05, 0.1) is 15.9 Å². The number of hydrazone groups is 1. The molecule has 7 heteroatoms. The largest absolute Gasteiger partial charge is 0.384 e. The third-order valence-electron chi connectivity index (χ3n) is 3.41. The molecular formula is C16H12N4OS2. The highest BCUT2D eigenvalue weighted by Crippen LogP contribution is 2.35. The van der Waals surface area contributed by atoms with Crippen LogP contribution in [-0.2, 0) is 4.79 Å². The minimum Gasteiger partial charge on any atom is -0.384 e. The molecular weight excluding hydrogens is 328 g/mol. The van der Waals surface area contributed by atoms with E-state index >= 15 is 0 Å². The molecule has 2 heterocycles. The topological polar surface area (TPSA) is 71.6 Å². The van der Waals surface area contributed by atoms with Crippen LogP contribution in [0.25, 0.3) is 10.2 Å². The Morgan fingerprint density at radius 2 is 1.83 bits per heavy atom. The number of rotatable bonds is 3. The number of thioether (sulfide) groups is 1. The molecule has 0 radical (unpaired) electrons. The van der Waals surface area contributed by atoms with Crippen LogP contribution < -0.4 is 10.7 Å². The second kappa shape index (κ2) is 5.68. The van der Waals surface area contributed by atoms with E-state index in [1.54, 1.807) is 11.3 Å². The molecule has 114 valence electrons. The first-order chi connectivity index (χ1) is 11.2. The highest BCUT2D eigenvalue weighted by molar-refractivity contribution is 8.03. The Morgan fingerprint density at radius 1 is 1.09 bits per heavy atom. The van der Waals surface area contributed by atoms with Crippen molar-refractivity contribution in [2.24, 2.45) is 10.8 Å². The average molecular weight is 340 g/mol. The van der Waals surface area contributed by atoms with Crippen LogP contribution in [0.4, 0.5) is 5.69 Å². The number of para-hydroxylation sites is 2. The van der Waals surface area contributed by atoms with Gasteiger partial charge in [0.2, 0.25) is 0 Å². The van der Waals surface area contributed by atoms with E-state index in [-0.39, 0.29) is 5.91 Å². The quantitative estimate of drug-likeness (QED) is 0.795. The van der Waals surface area contributed by atoms with Gasteiger partial charge in [-0.2, -0.15) is 10.1 Å². The van der Waals surface area contributed by atoms with E-state index in [0.29, 0.717) is 11.5 Å². The van der Waals surface area contributed by atoms with Gasteiger partial charge >= 0.3 is 0 Å². The maximum absolute atomic E-state index is 12.6. The number of nitrogens with zero attached hydrogens (tertiary/aromatic N) is 3. The maximum atomic E-state index is 12.6. The maximum Gasteiger partial charge on any atom is 0.268 e. The Balaban J connectivity index is 1.60. The van der Waals surface area contributed by atoms with E-state index in [0.717, 1.165) is 14.6 Å². The number of hydrogen-bond acceptors (Lipinski definition) is 6. The van der Waals surface area contributed by atoms with E-state index < -0.39 is 5.25 Å². The molecule has 2 N–H and O–H groups in total. The van der Waals surface area contributed by atoms with E-state index in [4.69, 9.17) is 5.73 Å². The second-order valence-corrected chi connectivity index (χ2v) is 7.34. The standard InChI is InChI=1S/C16H12N4OS2/c17-14-13(15(21)20(19-14)10-6-2-1-3-7-10)23-16-18-11-8-4-5-9-12(11)22-16/h1-9,13H,(H2,17,19). The molecule has 2 aromatic carbocycles. The van der Waals surface area contributed by atoms with Crippen LogP contribution in [0.2, 0.25) is 0 Å². The van der Waals surface area contributed by atoms with E-state index in [1.165, 1.54) is 16.8 Å². The lowest BCUT2D eigenvalue weighted by Crippen LogP contribution is -2.32. The van der Waals surface area contributed by atoms with Crippen molar-refractivity contribution in [3.63, 3.8) is 0 Å². The van der Waals surface area contributed by atoms with Crippen LogP contribution in [0.15, 0.2) is 64.0 Å². The molecule has 1 aromatic heterocycles. The average Bonchev–Trinajstić information content (AvgIpc) is 3.11. The SMILES string of the molecule is NC1=NN(c2ccccc2)C(=O)C1Sc1nc2ccccc2s1. The Labute approximate surface area is 140 Å². The molecule has 23 heavy (non-hydrogen) atoms. The lowest BCUT2D eigenvalue weighted by molar-refractivity contribution is -0.116. The number of amidine groups is 1. The minimum absolute atomic E-state index is 0.141. The number of anilines is 1. The zero-order valence-electron chi connectivity index (χ0n) is 11.9. The van der Waals surface area contributed by atoms with Crippen LogP contribution in [0.1, 0.15) is 0 Å². The molecule has 1 atom stereocenters. The summed E-state index contributed by atoms with van der Waals surface area (Å²) < 4.78 is 1.91. The van der Waals surface area contributed by atoms with Crippen LogP contribution in [0.3, 0.4) is 0 Å². The lowest BCUT2D eigenvalue weighted by atomic mass is 10.3. The van der Waals surface area contributed by atoms with Gasteiger partial charge in [0.25, 0.3) is 5.91 Å². The number of benzene rings is 2. The van der Waals surface area contributed by atoms with Crippen molar-refractivity contribution in [1.29, 1.82) is 0 Å². The smallest absolute Gasteiger partial charge is 0.268 e. The Bertz CT molecular complexity index is 874. The molecule has 0 spiro atoms. The van der Waals surface area contributed by atoms with Crippen molar-refractivity contribution in [3.8, 4) is 0 Å². The number of aromatic nitrogens is 1. The molecule has 1 amide bonds. The summed E-state index contributed by atoms with van der Waals surface area (Å²) in [5, 5.41) is 5.04. The van der Waals surface area contributed by atoms with Crippen molar-refractivity contribution in [3.05, 3.63) is 54.6 Å². The minimum atomic E-state index is -0.532. The highest BCUT2D eigenvalue weighted by Gasteiger charge is 2.36. The van der Waals surface area contributed by atoms with Gasteiger partial charge in [0.15, 0.2) is 9.59 Å². The van der Waals surface area contributed by atoms with Gasteiger partial charge < -0.3 is 5.73 Å². The third-order valence-corrected chi connectivity index (χ3v) is 5.75. The van der Waals surface area contributed by atoms with Gasteiger partial charge in [-0.1, -0.05) is 42.1 Å². The summed E-state index contributed by atoms with van der Waals surface area (Å²) in [5.74, 6) is 0.168. The van der Waals surface area contributed by atoms with Crippen LogP contribution in [0.5, 0.6) is 0 Å². The van der Waals surface area contributed by atoms with Crippen molar-refractivity contribution in [2.45, 2.75) is 9.59 Å². The summed E-state index contributed by atoms with van der Waals surface area (Å²) >= 11 is 2.91. The molecule has 1 unspecified atom stereocenters. The molecule has 5 nitrogen and oxygen atoms in total. The number of fused-ring (bicyclic) bond motifs is 1. The Morgan fingerprint density at radius 3 is 2.61 bits per heavy atom. The lowest BCUT2D eigenvalue weighted by Gasteiger charge is -2.12. The van der Waals surface area contributed by atoms with Gasteiger partial charge in [-0.25, -0.2) is 4.98 Å². The summed E-state index contributed by atoms with van der Waals surface area (Å²) in [7, 11) is 0. The summed E-state index contributed by atoms with van der Waals surface area (Å²) in [6, 6.07) is 17.2. The summed E-state index contributed by atoms with van der Waals surface area (Å²) in [4.78, 5) is 17.2. The summed E-state index contributed by atoms with van der Waals surface area (Å²) in [5.41, 5.74) is 7.63. The van der Waals surface area contributed by atoms with Crippen molar-refractivity contribution in [2.75, 3.05) is 5.01 Å². The first-order valence-corrected chi connectivity index (χ1v) is 8.67. The number of carbonyl (C=O) groups is 1. The first-order valence-electron chi connectivity index (χ1n) is 6.97. The molecule has 0 saturated carbocycles. The Kier molecular flexibility index (Phi) is 3.51. The van der Waals surface area contributed by atoms with Gasteiger partial charge in [0.1, 0.15) is 5.84 Å². The third kappa shape index (κ3) is 2.58. The molecule has 4 rings (SSSR count). The molecule has 0 saturated heterocycles. The highest BCUT2D eigenvalue weighted by atomic mass is 32.2. The molecule has 0 aliphatic carbocycles. The number of carbonyl (C=O) groups excluding carboxylic acids is 1. The second-order valence-electron chi connectivity index (χ2n) is 4.96. The predicted octanol–water partition coefficient (Wildman–Crippen LogP) is 3.08. The monoisotopic (exact) mass is 340 g/mol. The van der Waals surface area contributed by atoms with Gasteiger partial charge in [0, 0.05) is 0 Å². The zero-order chi connectivity index (χ0) is 15.8. The van der Waals surface area contributed by atoms with Gasteiger partial charge in [-0.3, -0.25) is 4.79 Å². The fourth-order valence-electron chi connectivity index (χ4n) is 2.32. The number of hydrogen-bond donors (Lipinski definition) is 1. The van der Waals surface area contributed by atoms with E-state index in [2.05, 4.69) is 10.1 Å². The van der Waals surface area contributed by atoms with Gasteiger partial charge in [-0.05, 0) is 24.3 Å². The van der Waals surface area contributed by atoms with Crippen LogP contribution in [-0.4, -0.2) is 22.0 Å². The van der Waals surface area contributed by atoms with Gasteiger partial charge in [-0.15, -0.1) is 11.3 Å². The normalized spacial score (nSPS) is 17.7. The van der Waals surface area contributed by atoms with Crippen LogP contribution >= 0.6 is 23.1 Å². The van der Waals surface area contributed by atoms with E-state index in [1.807, 2.05) is 54.6 Å². The molecule has 1 aliphatic rings. The molecule has 0 bridgehead atoms. The number of thiazole rings is 1. The number of nitrogens with two attached hydrogens (primary N) is 1. The first kappa shape index (κ1) is 14.2. The summed E-state index contributed by atoms with van der Waals surface area (Å²) in [6.45, 7) is 0. The van der Waals surface area contributed by atoms with Crippen LogP contribution in [0, 0.1) is 0 Å². The fourth-order valence-corrected chi connectivity index (χ4v) is 4.49. The molecule has 3 aromatic rings. The van der Waals surface area contributed by atoms with Crippen molar-refractivity contribution in [1.82, 2.24) is 4.98 Å². The summed E-state index contributed by atoms with van der Waals surface area (Å²) in [6.07, 6.45) is 0. The Hall–Kier alpha value is -2.38.